The monoisotopic (exact) mass is 365 g/mol. The van der Waals surface area contributed by atoms with Gasteiger partial charge in [0, 0.05) is 11.3 Å². The van der Waals surface area contributed by atoms with Crippen molar-refractivity contribution in [3.8, 4) is 17.1 Å². The number of methoxy groups -OCH3 is 1. The van der Waals surface area contributed by atoms with Gasteiger partial charge in [0.1, 0.15) is 23.3 Å². The Balaban J connectivity index is 1.83. The molecule has 8 nitrogen and oxygen atoms in total. The van der Waals surface area contributed by atoms with Crippen LogP contribution in [0.1, 0.15) is 24.5 Å². The van der Waals surface area contributed by atoms with Crippen LogP contribution < -0.4 is 15.8 Å². The molecule has 27 heavy (non-hydrogen) atoms. The number of hydrogen-bond donors (Lipinski definition) is 2. The molecule has 0 bridgehead atoms. The molecule has 3 aromatic rings. The molecule has 4 rings (SSSR count). The molecule has 1 unspecified atom stereocenters. The second-order valence-electron chi connectivity index (χ2n) is 6.31. The Hall–Kier alpha value is -3.55. The zero-order chi connectivity index (χ0) is 19.1. The standard InChI is InChI=1S/C19H19N5O3/c1-10-4-9-14(27-10)16-15(17(20)25)11(2)21-19-22-18(23-24(16)19)12-5-7-13(26-3)8-6-12/h4-9,16H,1-3H3,(H2,20,25)(H,21,22,23). The van der Waals surface area contributed by atoms with E-state index in [0.29, 0.717) is 28.8 Å². The van der Waals surface area contributed by atoms with E-state index in [2.05, 4.69) is 15.4 Å². The summed E-state index contributed by atoms with van der Waals surface area (Å²) in [6.45, 7) is 3.63. The van der Waals surface area contributed by atoms with Crippen molar-refractivity contribution < 1.29 is 13.9 Å². The van der Waals surface area contributed by atoms with Crippen molar-refractivity contribution in [2.45, 2.75) is 19.9 Å². The predicted octanol–water partition coefficient (Wildman–Crippen LogP) is 2.63. The highest BCUT2D eigenvalue weighted by molar-refractivity contribution is 5.95. The molecule has 138 valence electrons. The van der Waals surface area contributed by atoms with Crippen LogP contribution in [0.5, 0.6) is 5.75 Å². The van der Waals surface area contributed by atoms with Crippen molar-refractivity contribution in [1.29, 1.82) is 0 Å². The maximum absolute atomic E-state index is 12.1. The van der Waals surface area contributed by atoms with Gasteiger partial charge in [-0.05, 0) is 50.2 Å². The lowest BCUT2D eigenvalue weighted by atomic mass is 10.0. The molecule has 0 saturated carbocycles. The summed E-state index contributed by atoms with van der Waals surface area (Å²) < 4.78 is 12.6. The zero-order valence-electron chi connectivity index (χ0n) is 15.2. The summed E-state index contributed by atoms with van der Waals surface area (Å²) in [6, 6.07) is 10.5. The molecule has 1 aliphatic rings. The van der Waals surface area contributed by atoms with Crippen molar-refractivity contribution >= 4 is 11.9 Å². The Kier molecular flexibility index (Phi) is 3.95. The number of primary amides is 1. The summed E-state index contributed by atoms with van der Waals surface area (Å²) in [5.74, 6) is 2.57. The summed E-state index contributed by atoms with van der Waals surface area (Å²) in [5.41, 5.74) is 7.49. The molecule has 0 aliphatic carbocycles. The number of nitrogens with one attached hydrogen (secondary N) is 1. The fraction of sp³-hybridized carbons (Fsp3) is 0.211. The van der Waals surface area contributed by atoms with Gasteiger partial charge in [-0.3, -0.25) is 4.79 Å². The molecule has 3 N–H and O–H groups in total. The van der Waals surface area contributed by atoms with Gasteiger partial charge in [0.2, 0.25) is 11.9 Å². The zero-order valence-corrected chi connectivity index (χ0v) is 15.2. The van der Waals surface area contributed by atoms with Crippen LogP contribution in [-0.4, -0.2) is 27.8 Å². The molecule has 1 amide bonds. The summed E-state index contributed by atoms with van der Waals surface area (Å²) in [7, 11) is 1.61. The molecule has 8 heteroatoms. The second kappa shape index (κ2) is 6.31. The van der Waals surface area contributed by atoms with Gasteiger partial charge in [-0.25, -0.2) is 4.68 Å². The van der Waals surface area contributed by atoms with Crippen LogP contribution in [0.3, 0.4) is 0 Å². The van der Waals surface area contributed by atoms with E-state index < -0.39 is 11.9 Å². The van der Waals surface area contributed by atoms with E-state index in [1.807, 2.05) is 43.3 Å². The molecule has 2 aromatic heterocycles. The Morgan fingerprint density at radius 2 is 1.96 bits per heavy atom. The summed E-state index contributed by atoms with van der Waals surface area (Å²) in [4.78, 5) is 16.7. The third kappa shape index (κ3) is 2.84. The van der Waals surface area contributed by atoms with Crippen LogP contribution >= 0.6 is 0 Å². The van der Waals surface area contributed by atoms with Gasteiger partial charge in [0.05, 0.1) is 12.7 Å². The molecular weight excluding hydrogens is 346 g/mol. The van der Waals surface area contributed by atoms with E-state index in [4.69, 9.17) is 14.9 Å². The van der Waals surface area contributed by atoms with E-state index in [0.717, 1.165) is 17.1 Å². The molecule has 0 saturated heterocycles. The van der Waals surface area contributed by atoms with Crippen molar-refractivity contribution in [3.05, 3.63) is 59.2 Å². The summed E-state index contributed by atoms with van der Waals surface area (Å²) in [5, 5.41) is 7.72. The number of rotatable bonds is 4. The third-order valence-corrected chi connectivity index (χ3v) is 4.50. The lowest BCUT2D eigenvalue weighted by molar-refractivity contribution is -0.115. The number of nitrogens with zero attached hydrogens (tertiary/aromatic N) is 3. The molecule has 0 radical (unpaired) electrons. The Morgan fingerprint density at radius 3 is 2.56 bits per heavy atom. The van der Waals surface area contributed by atoms with Gasteiger partial charge < -0.3 is 20.2 Å². The van der Waals surface area contributed by atoms with Gasteiger partial charge in [0.15, 0.2) is 5.82 Å². The molecule has 3 heterocycles. The smallest absolute Gasteiger partial charge is 0.249 e. The van der Waals surface area contributed by atoms with Crippen molar-refractivity contribution in [2.75, 3.05) is 12.4 Å². The Bertz CT molecular complexity index is 1050. The van der Waals surface area contributed by atoms with Crippen LogP contribution in [0.4, 0.5) is 5.95 Å². The van der Waals surface area contributed by atoms with Gasteiger partial charge >= 0.3 is 0 Å². The average Bonchev–Trinajstić information content (AvgIpc) is 3.26. The van der Waals surface area contributed by atoms with E-state index in [-0.39, 0.29) is 0 Å². The SMILES string of the molecule is COc1ccc(-c2nc3n(n2)C(c2ccc(C)o2)C(C(N)=O)=C(C)N3)cc1. The van der Waals surface area contributed by atoms with Crippen molar-refractivity contribution in [1.82, 2.24) is 14.8 Å². The lowest BCUT2D eigenvalue weighted by Crippen LogP contribution is -2.31. The number of carbonyl (C=O) groups excluding carboxylic acids is 1. The number of anilines is 1. The number of carbonyl (C=O) groups is 1. The summed E-state index contributed by atoms with van der Waals surface area (Å²) in [6.07, 6.45) is 0. The van der Waals surface area contributed by atoms with Crippen molar-refractivity contribution in [2.24, 2.45) is 5.73 Å². The fourth-order valence-electron chi connectivity index (χ4n) is 3.20. The maximum Gasteiger partial charge on any atom is 0.249 e. The number of benzene rings is 1. The predicted molar refractivity (Wildman–Crippen MR) is 99.1 cm³/mol. The third-order valence-electron chi connectivity index (χ3n) is 4.50. The van der Waals surface area contributed by atoms with Crippen LogP contribution in [0.2, 0.25) is 0 Å². The molecule has 1 atom stereocenters. The number of fused-ring (bicyclic) bond motifs is 1. The number of aromatic nitrogens is 3. The quantitative estimate of drug-likeness (QED) is 0.736. The first-order chi connectivity index (χ1) is 13.0. The Morgan fingerprint density at radius 1 is 1.22 bits per heavy atom. The fourth-order valence-corrected chi connectivity index (χ4v) is 3.20. The van der Waals surface area contributed by atoms with E-state index in [9.17, 15) is 4.79 Å². The molecule has 1 aromatic carbocycles. The van der Waals surface area contributed by atoms with Gasteiger partial charge in [-0.2, -0.15) is 4.98 Å². The molecule has 0 spiro atoms. The number of aryl methyl sites for hydroxylation is 1. The number of allylic oxidation sites excluding steroid dienone is 1. The first-order valence-corrected chi connectivity index (χ1v) is 8.43. The molecular formula is C19H19N5O3. The van der Waals surface area contributed by atoms with Crippen LogP contribution in [0.25, 0.3) is 11.4 Å². The first-order valence-electron chi connectivity index (χ1n) is 8.43. The number of nitrogens with two attached hydrogens (primary N) is 1. The van der Waals surface area contributed by atoms with Crippen LogP contribution in [0, 0.1) is 6.92 Å². The number of furan rings is 1. The number of hydrogen-bond acceptors (Lipinski definition) is 6. The normalized spacial score (nSPS) is 16.0. The number of amides is 1. The van der Waals surface area contributed by atoms with E-state index in [1.54, 1.807) is 18.7 Å². The van der Waals surface area contributed by atoms with Crippen LogP contribution in [-0.2, 0) is 4.79 Å². The topological polar surface area (TPSA) is 108 Å². The molecule has 0 fully saturated rings. The first kappa shape index (κ1) is 16.9. The minimum atomic E-state index is -0.577. The minimum absolute atomic E-state index is 0.392. The van der Waals surface area contributed by atoms with E-state index in [1.165, 1.54) is 0 Å². The largest absolute Gasteiger partial charge is 0.497 e. The van der Waals surface area contributed by atoms with E-state index >= 15 is 0 Å². The van der Waals surface area contributed by atoms with Gasteiger partial charge in [-0.1, -0.05) is 0 Å². The highest BCUT2D eigenvalue weighted by atomic mass is 16.5. The van der Waals surface area contributed by atoms with Gasteiger partial charge in [-0.15, -0.1) is 5.10 Å². The minimum Gasteiger partial charge on any atom is -0.497 e. The van der Waals surface area contributed by atoms with Crippen molar-refractivity contribution in [3.63, 3.8) is 0 Å². The highest BCUT2D eigenvalue weighted by Gasteiger charge is 2.35. The highest BCUT2D eigenvalue weighted by Crippen LogP contribution is 2.36. The summed E-state index contributed by atoms with van der Waals surface area (Å²) >= 11 is 0. The lowest BCUT2D eigenvalue weighted by Gasteiger charge is -2.25. The van der Waals surface area contributed by atoms with Gasteiger partial charge in [0.25, 0.3) is 0 Å². The number of ether oxygens (including phenoxy) is 1. The Labute approximate surface area is 155 Å². The molecule has 1 aliphatic heterocycles. The maximum atomic E-state index is 12.1. The average molecular weight is 365 g/mol. The second-order valence-corrected chi connectivity index (χ2v) is 6.31. The van der Waals surface area contributed by atoms with Crippen LogP contribution in [0.15, 0.2) is 52.1 Å².